The third-order valence-electron chi connectivity index (χ3n) is 5.84. The molecule has 1 aromatic heterocycles. The van der Waals surface area contributed by atoms with Crippen LogP contribution in [0.15, 0.2) is 65.9 Å². The van der Waals surface area contributed by atoms with Gasteiger partial charge in [0.25, 0.3) is 0 Å². The maximum Gasteiger partial charge on any atom is 0.408 e. The van der Waals surface area contributed by atoms with Gasteiger partial charge in [0, 0.05) is 29.0 Å². The Balaban J connectivity index is 2.09. The summed E-state index contributed by atoms with van der Waals surface area (Å²) in [6.07, 6.45) is 0.610. The molecule has 0 aliphatic heterocycles. The lowest BCUT2D eigenvalue weighted by molar-refractivity contribution is -0.228. The van der Waals surface area contributed by atoms with E-state index in [9.17, 15) is 18.4 Å². The molecule has 3 rings (SSSR count). The zero-order chi connectivity index (χ0) is 33.4. The number of alkyl carbamates (subject to hydrolysis) is 1. The summed E-state index contributed by atoms with van der Waals surface area (Å²) in [4.78, 5) is 28.8. The van der Waals surface area contributed by atoms with Crippen LogP contribution in [0.5, 0.6) is 0 Å². The van der Waals surface area contributed by atoms with E-state index in [-0.39, 0.29) is 5.56 Å². The number of aromatic nitrogens is 1. The maximum atomic E-state index is 16.7. The quantitative estimate of drug-likeness (QED) is 0.0610. The van der Waals surface area contributed by atoms with Gasteiger partial charge in [0.05, 0.1) is 6.54 Å². The highest BCUT2D eigenvalue weighted by Gasteiger charge is 2.62. The number of hydrogen-bond donors (Lipinski definition) is 3. The first-order valence-corrected chi connectivity index (χ1v) is 13.1. The Morgan fingerprint density at radius 1 is 0.978 bits per heavy atom. The normalized spacial score (nSPS) is 12.9. The standard InChI is InChI=1S/C30H29F5N6O4/c1-28(2,3)45-27(43)39-16-26(42)44-29(17-41(37)18-40-36,23-12-11-22(32)14-24(23)33)30(34,35)25-13-8-20(15-38-25)5-4-19-6-9-21(31)10-7-19/h6-15,18H,16-17,36-37H2,1-3H3,(H,39,43)/b40-18-. The average Bonchev–Trinajstić information content (AvgIpc) is 2.95. The minimum absolute atomic E-state index is 0.173. The second kappa shape index (κ2) is 14.0. The predicted molar refractivity (Wildman–Crippen MR) is 152 cm³/mol. The number of halogens is 5. The maximum absolute atomic E-state index is 16.7. The fourth-order valence-corrected chi connectivity index (χ4v) is 3.93. The number of hydrogen-bond acceptors (Lipinski definition) is 8. The second-order valence-electron chi connectivity index (χ2n) is 10.5. The van der Waals surface area contributed by atoms with Gasteiger partial charge in [0.15, 0.2) is 0 Å². The van der Waals surface area contributed by atoms with E-state index in [1.807, 2.05) is 0 Å². The van der Waals surface area contributed by atoms with Crippen LogP contribution in [0.3, 0.4) is 0 Å². The fourth-order valence-electron chi connectivity index (χ4n) is 3.93. The lowest BCUT2D eigenvalue weighted by atomic mass is 9.83. The number of esters is 1. The van der Waals surface area contributed by atoms with Crippen molar-refractivity contribution in [1.29, 1.82) is 0 Å². The molecule has 0 bridgehead atoms. The van der Waals surface area contributed by atoms with Gasteiger partial charge in [-0.25, -0.2) is 23.8 Å². The molecule has 0 saturated carbocycles. The van der Waals surface area contributed by atoms with Crippen molar-refractivity contribution in [3.05, 3.63) is 101 Å². The van der Waals surface area contributed by atoms with E-state index in [0.717, 1.165) is 12.3 Å². The van der Waals surface area contributed by atoms with Crippen molar-refractivity contribution in [2.45, 2.75) is 37.9 Å². The monoisotopic (exact) mass is 632 g/mol. The molecule has 0 aliphatic carbocycles. The number of hydrazine groups is 1. The summed E-state index contributed by atoms with van der Waals surface area (Å²) in [5.41, 5.74) is -5.70. The summed E-state index contributed by atoms with van der Waals surface area (Å²) >= 11 is 0. The number of amides is 1. The van der Waals surface area contributed by atoms with Crippen LogP contribution in [0.4, 0.5) is 26.7 Å². The number of hydrazone groups is 1. The van der Waals surface area contributed by atoms with Crippen LogP contribution in [0.1, 0.15) is 43.2 Å². The van der Waals surface area contributed by atoms with Crippen LogP contribution in [-0.2, 0) is 25.8 Å². The number of carbonyl (C=O) groups is 2. The lowest BCUT2D eigenvalue weighted by Crippen LogP contribution is -2.57. The summed E-state index contributed by atoms with van der Waals surface area (Å²) in [6, 6.07) is 8.89. The molecule has 1 amide bonds. The molecule has 45 heavy (non-hydrogen) atoms. The SMILES string of the molecule is CC(C)(C)OC(=O)NCC(=O)OC(CN(N)/C=N\N)(c1ccc(F)cc1F)C(F)(F)c1ccc(C#Cc2ccc(F)cc2)cn1. The highest BCUT2D eigenvalue weighted by Crippen LogP contribution is 2.49. The molecule has 0 spiro atoms. The highest BCUT2D eigenvalue weighted by molar-refractivity contribution is 5.78. The Morgan fingerprint density at radius 3 is 2.18 bits per heavy atom. The van der Waals surface area contributed by atoms with Gasteiger partial charge in [-0.2, -0.15) is 13.9 Å². The van der Waals surface area contributed by atoms with Gasteiger partial charge in [-0.05, 0) is 69.3 Å². The van der Waals surface area contributed by atoms with Gasteiger partial charge in [-0.15, -0.1) is 0 Å². The minimum Gasteiger partial charge on any atom is -0.444 e. The van der Waals surface area contributed by atoms with E-state index in [1.165, 1.54) is 30.3 Å². The first kappa shape index (κ1) is 34.3. The van der Waals surface area contributed by atoms with Gasteiger partial charge in [0.2, 0.25) is 5.60 Å². The van der Waals surface area contributed by atoms with Crippen molar-refractivity contribution in [3.8, 4) is 11.8 Å². The molecular weight excluding hydrogens is 603 g/mol. The molecule has 0 aliphatic rings. The molecule has 0 saturated heterocycles. The third-order valence-corrected chi connectivity index (χ3v) is 5.84. The molecule has 2 aromatic carbocycles. The van der Waals surface area contributed by atoms with Crippen molar-refractivity contribution in [3.63, 3.8) is 0 Å². The van der Waals surface area contributed by atoms with E-state index < -0.39 is 71.0 Å². The van der Waals surface area contributed by atoms with Crippen LogP contribution >= 0.6 is 0 Å². The smallest absolute Gasteiger partial charge is 0.408 e. The molecule has 10 nitrogen and oxygen atoms in total. The lowest BCUT2D eigenvalue weighted by Gasteiger charge is -2.41. The van der Waals surface area contributed by atoms with E-state index in [0.29, 0.717) is 35.1 Å². The van der Waals surface area contributed by atoms with Crippen LogP contribution in [0, 0.1) is 29.3 Å². The van der Waals surface area contributed by atoms with Crippen molar-refractivity contribution < 1.29 is 41.0 Å². The van der Waals surface area contributed by atoms with E-state index in [4.69, 9.17) is 21.2 Å². The third kappa shape index (κ3) is 8.89. The first-order chi connectivity index (χ1) is 21.1. The van der Waals surface area contributed by atoms with E-state index >= 15 is 13.2 Å². The number of carbonyl (C=O) groups excluding carboxylic acids is 2. The number of pyridine rings is 1. The number of ether oxygens (including phenoxy) is 2. The Bertz CT molecular complexity index is 1600. The fraction of sp³-hybridized carbons (Fsp3) is 0.267. The number of nitrogens with one attached hydrogen (secondary N) is 1. The van der Waals surface area contributed by atoms with Crippen molar-refractivity contribution >= 4 is 18.4 Å². The summed E-state index contributed by atoms with van der Waals surface area (Å²) in [5, 5.41) is 5.71. The van der Waals surface area contributed by atoms with Crippen molar-refractivity contribution in [1.82, 2.24) is 15.3 Å². The zero-order valence-electron chi connectivity index (χ0n) is 24.3. The van der Waals surface area contributed by atoms with Gasteiger partial charge < -0.3 is 20.6 Å². The largest absolute Gasteiger partial charge is 0.444 e. The van der Waals surface area contributed by atoms with E-state index in [1.54, 1.807) is 20.8 Å². The average molecular weight is 633 g/mol. The van der Waals surface area contributed by atoms with Crippen LogP contribution in [0.25, 0.3) is 0 Å². The second-order valence-corrected chi connectivity index (χ2v) is 10.5. The molecule has 0 radical (unpaired) electrons. The van der Waals surface area contributed by atoms with E-state index in [2.05, 4.69) is 27.2 Å². The van der Waals surface area contributed by atoms with Crippen molar-refractivity contribution in [2.24, 2.45) is 16.8 Å². The molecule has 1 atom stereocenters. The van der Waals surface area contributed by atoms with Crippen LogP contribution < -0.4 is 17.0 Å². The van der Waals surface area contributed by atoms with Gasteiger partial charge in [0.1, 0.15) is 41.6 Å². The van der Waals surface area contributed by atoms with Gasteiger partial charge >= 0.3 is 18.0 Å². The number of nitrogens with two attached hydrogens (primary N) is 2. The Labute approximate surface area is 255 Å². The number of rotatable bonds is 9. The number of nitrogens with zero attached hydrogens (tertiary/aromatic N) is 3. The number of benzene rings is 2. The predicted octanol–water partition coefficient (Wildman–Crippen LogP) is 4.03. The Morgan fingerprint density at radius 2 is 1.60 bits per heavy atom. The molecule has 3 aromatic rings. The minimum atomic E-state index is -4.39. The van der Waals surface area contributed by atoms with Gasteiger partial charge in [-0.3, -0.25) is 14.8 Å². The summed E-state index contributed by atoms with van der Waals surface area (Å²) < 4.78 is 86.0. The highest BCUT2D eigenvalue weighted by atomic mass is 19.3. The molecule has 238 valence electrons. The summed E-state index contributed by atoms with van der Waals surface area (Å²) in [6.45, 7) is 2.48. The molecule has 1 heterocycles. The Kier molecular flexibility index (Phi) is 10.7. The summed E-state index contributed by atoms with van der Waals surface area (Å²) in [5.74, 6) is 7.36. The van der Waals surface area contributed by atoms with Crippen molar-refractivity contribution in [2.75, 3.05) is 13.1 Å². The van der Waals surface area contributed by atoms with Crippen LogP contribution in [0.2, 0.25) is 0 Å². The molecule has 15 heteroatoms. The summed E-state index contributed by atoms with van der Waals surface area (Å²) in [7, 11) is 0. The molecule has 1 unspecified atom stereocenters. The topological polar surface area (TPSA) is 145 Å². The Hall–Kier alpha value is -5.23. The van der Waals surface area contributed by atoms with Crippen LogP contribution in [-0.4, -0.2) is 47.1 Å². The molecule has 0 fully saturated rings. The molecule has 5 N–H and O–H groups in total. The molecular formula is C30H29F5N6O4. The number of alkyl halides is 2. The zero-order valence-corrected chi connectivity index (χ0v) is 24.3. The first-order valence-electron chi connectivity index (χ1n) is 13.1. The van der Waals surface area contributed by atoms with Gasteiger partial charge in [-0.1, -0.05) is 11.8 Å².